The maximum atomic E-state index is 12.5. The lowest BCUT2D eigenvalue weighted by Crippen LogP contribution is -2.47. The van der Waals surface area contributed by atoms with Gasteiger partial charge in [0.2, 0.25) is 5.91 Å². The first-order chi connectivity index (χ1) is 9.52. The molecular weight excluding hydrogens is 274 g/mol. The highest BCUT2D eigenvalue weighted by atomic mass is 32.2. The summed E-state index contributed by atoms with van der Waals surface area (Å²) in [6.07, 6.45) is 7.99. The van der Waals surface area contributed by atoms with Crippen molar-refractivity contribution in [2.75, 3.05) is 6.26 Å². The van der Waals surface area contributed by atoms with Gasteiger partial charge < -0.3 is 10.4 Å². The molecule has 0 aromatic rings. The average molecular weight is 299 g/mol. The van der Waals surface area contributed by atoms with Gasteiger partial charge in [-0.2, -0.15) is 11.8 Å². The summed E-state index contributed by atoms with van der Waals surface area (Å²) in [6.45, 7) is 2.04. The number of aliphatic carboxylic acids is 1. The molecule has 0 heterocycles. The van der Waals surface area contributed by atoms with Crippen molar-refractivity contribution in [3.05, 3.63) is 0 Å². The zero-order valence-corrected chi connectivity index (χ0v) is 13.1. The van der Waals surface area contributed by atoms with Crippen molar-refractivity contribution in [1.82, 2.24) is 5.32 Å². The van der Waals surface area contributed by atoms with E-state index < -0.39 is 11.9 Å². The zero-order valence-electron chi connectivity index (χ0n) is 12.3. The summed E-state index contributed by atoms with van der Waals surface area (Å²) in [6, 6.07) is 0.219. The van der Waals surface area contributed by atoms with Gasteiger partial charge in [0.15, 0.2) is 0 Å². The summed E-state index contributed by atoms with van der Waals surface area (Å²) in [5, 5.41) is 12.9. The van der Waals surface area contributed by atoms with Crippen LogP contribution in [-0.2, 0) is 9.59 Å². The van der Waals surface area contributed by atoms with Crippen molar-refractivity contribution in [3.63, 3.8) is 0 Å². The van der Waals surface area contributed by atoms with Crippen molar-refractivity contribution in [1.29, 1.82) is 0 Å². The Bertz CT molecular complexity index is 374. The van der Waals surface area contributed by atoms with Gasteiger partial charge in [-0.05, 0) is 37.9 Å². The third-order valence-corrected chi connectivity index (χ3v) is 5.95. The van der Waals surface area contributed by atoms with Gasteiger partial charge in [-0.3, -0.25) is 9.59 Å². The van der Waals surface area contributed by atoms with Crippen LogP contribution in [0.3, 0.4) is 0 Å². The van der Waals surface area contributed by atoms with Crippen molar-refractivity contribution >= 4 is 23.6 Å². The molecule has 20 heavy (non-hydrogen) atoms. The topological polar surface area (TPSA) is 66.4 Å². The van der Waals surface area contributed by atoms with E-state index in [1.54, 1.807) is 0 Å². The molecule has 0 aliphatic heterocycles. The van der Waals surface area contributed by atoms with Gasteiger partial charge in [0.25, 0.3) is 0 Å². The number of carbonyl (C=O) groups is 2. The Kier molecular flexibility index (Phi) is 5.35. The van der Waals surface area contributed by atoms with Crippen LogP contribution in [0.2, 0.25) is 0 Å². The SMILES string of the molecule is CSC1CCCCC1NC(=O)[C@H]1CC(C)C[C@H]1C(=O)O. The first-order valence-electron chi connectivity index (χ1n) is 7.59. The Labute approximate surface area is 125 Å². The summed E-state index contributed by atoms with van der Waals surface area (Å²) in [4.78, 5) is 23.7. The van der Waals surface area contributed by atoms with E-state index in [1.807, 2.05) is 18.7 Å². The van der Waals surface area contributed by atoms with Crippen molar-refractivity contribution in [2.24, 2.45) is 17.8 Å². The molecule has 114 valence electrons. The maximum Gasteiger partial charge on any atom is 0.307 e. The number of carboxylic acids is 1. The smallest absolute Gasteiger partial charge is 0.307 e. The van der Waals surface area contributed by atoms with Gasteiger partial charge in [-0.25, -0.2) is 0 Å². The number of nitrogens with one attached hydrogen (secondary N) is 1. The third-order valence-electron chi connectivity index (χ3n) is 4.79. The highest BCUT2D eigenvalue weighted by molar-refractivity contribution is 7.99. The number of amides is 1. The number of hydrogen-bond acceptors (Lipinski definition) is 3. The van der Waals surface area contributed by atoms with E-state index >= 15 is 0 Å². The molecule has 1 amide bonds. The van der Waals surface area contributed by atoms with E-state index in [9.17, 15) is 14.7 Å². The van der Waals surface area contributed by atoms with E-state index in [0.29, 0.717) is 24.0 Å². The van der Waals surface area contributed by atoms with Gasteiger partial charge in [0.05, 0.1) is 11.8 Å². The molecule has 2 fully saturated rings. The quantitative estimate of drug-likeness (QED) is 0.837. The molecule has 2 aliphatic rings. The van der Waals surface area contributed by atoms with Crippen LogP contribution >= 0.6 is 11.8 Å². The average Bonchev–Trinajstić information content (AvgIpc) is 2.82. The second-order valence-electron chi connectivity index (χ2n) is 6.30. The highest BCUT2D eigenvalue weighted by Crippen LogP contribution is 2.37. The molecular formula is C15H25NO3S. The Morgan fingerprint density at radius 2 is 1.80 bits per heavy atom. The Hall–Kier alpha value is -0.710. The first kappa shape index (κ1) is 15.7. The molecule has 5 heteroatoms. The standard InChI is InChI=1S/C15H25NO3S/c1-9-7-10(11(8-9)15(18)19)14(17)16-12-5-3-4-6-13(12)20-2/h9-13H,3-8H2,1-2H3,(H,16,17)(H,18,19)/t9?,10-,11+,12?,13?/m0/s1. The fourth-order valence-corrected chi connectivity index (χ4v) is 4.62. The van der Waals surface area contributed by atoms with Crippen molar-refractivity contribution in [2.45, 2.75) is 56.7 Å². The summed E-state index contributed by atoms with van der Waals surface area (Å²) >= 11 is 1.81. The normalized spacial score (nSPS) is 37.6. The predicted octanol–water partition coefficient (Wildman–Crippen LogP) is 2.52. The number of rotatable bonds is 4. The summed E-state index contributed by atoms with van der Waals surface area (Å²) in [7, 11) is 0. The number of carboxylic acid groups (broad SMARTS) is 1. The maximum absolute atomic E-state index is 12.5. The minimum absolute atomic E-state index is 0.0345. The van der Waals surface area contributed by atoms with Gasteiger partial charge in [-0.15, -0.1) is 0 Å². The second-order valence-corrected chi connectivity index (χ2v) is 7.38. The number of thioether (sulfide) groups is 1. The van der Waals surface area contributed by atoms with Gasteiger partial charge >= 0.3 is 5.97 Å². The molecule has 3 unspecified atom stereocenters. The summed E-state index contributed by atoms with van der Waals surface area (Å²) < 4.78 is 0. The van der Waals surface area contributed by atoms with Crippen LogP contribution in [0.25, 0.3) is 0 Å². The number of hydrogen-bond donors (Lipinski definition) is 2. The van der Waals surface area contributed by atoms with Crippen LogP contribution in [-0.4, -0.2) is 34.5 Å². The summed E-state index contributed by atoms with van der Waals surface area (Å²) in [5.41, 5.74) is 0. The summed E-state index contributed by atoms with van der Waals surface area (Å²) in [5.74, 6) is -1.37. The number of carbonyl (C=O) groups excluding carboxylic acids is 1. The molecule has 0 aromatic heterocycles. The third kappa shape index (κ3) is 3.48. The molecule has 0 aromatic carbocycles. The van der Waals surface area contributed by atoms with E-state index in [0.717, 1.165) is 19.3 Å². The molecule has 2 N–H and O–H groups in total. The van der Waals surface area contributed by atoms with Crippen LogP contribution < -0.4 is 5.32 Å². The fraction of sp³-hybridized carbons (Fsp3) is 0.867. The first-order valence-corrected chi connectivity index (χ1v) is 8.87. The minimum atomic E-state index is -0.820. The Balaban J connectivity index is 1.98. The molecule has 0 spiro atoms. The lowest BCUT2D eigenvalue weighted by atomic mass is 9.92. The van der Waals surface area contributed by atoms with E-state index in [4.69, 9.17) is 0 Å². The van der Waals surface area contributed by atoms with Gasteiger partial charge in [0, 0.05) is 11.3 Å². The molecule has 0 bridgehead atoms. The van der Waals surface area contributed by atoms with E-state index in [1.165, 1.54) is 6.42 Å². The molecule has 0 saturated heterocycles. The van der Waals surface area contributed by atoms with Crippen LogP contribution in [0.4, 0.5) is 0 Å². The van der Waals surface area contributed by atoms with Crippen LogP contribution in [0.5, 0.6) is 0 Å². The fourth-order valence-electron chi connectivity index (χ4n) is 3.69. The minimum Gasteiger partial charge on any atom is -0.481 e. The Morgan fingerprint density at radius 3 is 2.45 bits per heavy atom. The van der Waals surface area contributed by atoms with Crippen molar-refractivity contribution < 1.29 is 14.7 Å². The largest absolute Gasteiger partial charge is 0.481 e. The van der Waals surface area contributed by atoms with Crippen LogP contribution in [0.15, 0.2) is 0 Å². The highest BCUT2D eigenvalue weighted by Gasteiger charge is 2.42. The van der Waals surface area contributed by atoms with Gasteiger partial charge in [-0.1, -0.05) is 19.8 Å². The Morgan fingerprint density at radius 1 is 1.15 bits per heavy atom. The van der Waals surface area contributed by atoms with Crippen molar-refractivity contribution in [3.8, 4) is 0 Å². The lowest BCUT2D eigenvalue weighted by molar-refractivity contribution is -0.146. The molecule has 0 radical (unpaired) electrons. The molecule has 5 atom stereocenters. The van der Waals surface area contributed by atoms with Gasteiger partial charge in [0.1, 0.15) is 0 Å². The lowest BCUT2D eigenvalue weighted by Gasteiger charge is -2.32. The van der Waals surface area contributed by atoms with Crippen LogP contribution in [0, 0.1) is 17.8 Å². The van der Waals surface area contributed by atoms with E-state index in [-0.39, 0.29) is 17.9 Å². The molecule has 2 aliphatic carbocycles. The molecule has 2 saturated carbocycles. The molecule has 4 nitrogen and oxygen atoms in total. The van der Waals surface area contributed by atoms with E-state index in [2.05, 4.69) is 11.6 Å². The zero-order chi connectivity index (χ0) is 14.7. The predicted molar refractivity (Wildman–Crippen MR) is 80.7 cm³/mol. The van der Waals surface area contributed by atoms with Crippen LogP contribution in [0.1, 0.15) is 45.4 Å². The molecule has 2 rings (SSSR count). The monoisotopic (exact) mass is 299 g/mol. The second kappa shape index (κ2) is 6.83.